The molecule has 7 nitrogen and oxygen atoms in total. The number of nitrogens with zero attached hydrogens (tertiary/aromatic N) is 1. The number of fused-ring (bicyclic) bond motifs is 2. The van der Waals surface area contributed by atoms with Crippen molar-refractivity contribution in [2.45, 2.75) is 52.0 Å². The highest BCUT2D eigenvalue weighted by Crippen LogP contribution is 2.38. The monoisotopic (exact) mass is 530 g/mol. The first-order valence-electron chi connectivity index (χ1n) is 12.9. The Morgan fingerprint density at radius 2 is 1.63 bits per heavy atom. The summed E-state index contributed by atoms with van der Waals surface area (Å²) in [7, 11) is 1.31. The molecule has 0 unspecified atom stereocenters. The third-order valence-electron chi connectivity index (χ3n) is 7.21. The molecule has 1 atom stereocenters. The van der Waals surface area contributed by atoms with Gasteiger partial charge in [0.1, 0.15) is 16.6 Å². The van der Waals surface area contributed by atoms with Crippen LogP contribution in [0.5, 0.6) is 0 Å². The molecule has 3 amide bonds. The number of rotatable bonds is 7. The van der Waals surface area contributed by atoms with Gasteiger partial charge in [-0.25, -0.2) is 4.79 Å². The number of nitrogens with one attached hydrogen (secondary N) is 1. The van der Waals surface area contributed by atoms with Gasteiger partial charge in [-0.15, -0.1) is 11.3 Å². The zero-order valence-corrected chi connectivity index (χ0v) is 22.5. The van der Waals surface area contributed by atoms with Gasteiger partial charge in [-0.05, 0) is 66.8 Å². The van der Waals surface area contributed by atoms with Crippen LogP contribution in [0.4, 0.5) is 5.00 Å². The van der Waals surface area contributed by atoms with Crippen LogP contribution in [0.15, 0.2) is 47.8 Å². The molecule has 0 bridgehead atoms. The van der Waals surface area contributed by atoms with E-state index in [9.17, 15) is 19.2 Å². The molecule has 2 aromatic carbocycles. The summed E-state index contributed by atoms with van der Waals surface area (Å²) < 4.78 is 5.09. The van der Waals surface area contributed by atoms with Crippen LogP contribution in [0.2, 0.25) is 0 Å². The molecule has 2 heterocycles. The Kier molecular flexibility index (Phi) is 7.17. The number of imide groups is 1. The highest BCUT2D eigenvalue weighted by Gasteiger charge is 2.43. The lowest BCUT2D eigenvalue weighted by Gasteiger charge is -2.26. The summed E-state index contributed by atoms with van der Waals surface area (Å²) in [6, 6.07) is 11.8. The van der Waals surface area contributed by atoms with Crippen LogP contribution in [0.25, 0.3) is 11.1 Å². The number of hydrogen-bond acceptors (Lipinski definition) is 6. The van der Waals surface area contributed by atoms with E-state index in [1.54, 1.807) is 24.3 Å². The van der Waals surface area contributed by atoms with E-state index in [1.165, 1.54) is 36.0 Å². The van der Waals surface area contributed by atoms with Crippen LogP contribution in [0, 0.1) is 5.92 Å². The summed E-state index contributed by atoms with van der Waals surface area (Å²) in [5, 5.41) is 5.03. The predicted octanol–water partition coefficient (Wildman–Crippen LogP) is 5.73. The van der Waals surface area contributed by atoms with Crippen LogP contribution in [-0.2, 0) is 22.4 Å². The van der Waals surface area contributed by atoms with Crippen molar-refractivity contribution in [3.8, 4) is 11.1 Å². The van der Waals surface area contributed by atoms with Gasteiger partial charge in [-0.3, -0.25) is 19.3 Å². The van der Waals surface area contributed by atoms with E-state index in [4.69, 9.17) is 4.74 Å². The maximum absolute atomic E-state index is 13.7. The Hall–Kier alpha value is -3.78. The SMILES string of the molecule is COC(=O)c1c(-c2ccc3c(c2)CCCC3)csc1NC(=O)[C@H](CC(C)C)N1C(=O)c2ccccc2C1=O. The van der Waals surface area contributed by atoms with Crippen LogP contribution in [-0.4, -0.2) is 41.7 Å². The van der Waals surface area contributed by atoms with E-state index in [0.717, 1.165) is 29.7 Å². The summed E-state index contributed by atoms with van der Waals surface area (Å²) in [4.78, 5) is 54.0. The fourth-order valence-electron chi connectivity index (χ4n) is 5.33. The van der Waals surface area contributed by atoms with Crippen molar-refractivity contribution in [3.05, 3.63) is 75.7 Å². The Morgan fingerprint density at radius 3 is 2.26 bits per heavy atom. The number of carbonyl (C=O) groups excluding carboxylic acids is 4. The van der Waals surface area contributed by atoms with Crippen molar-refractivity contribution < 1.29 is 23.9 Å². The molecule has 196 valence electrons. The zero-order valence-electron chi connectivity index (χ0n) is 21.7. The second kappa shape index (κ2) is 10.5. The van der Waals surface area contributed by atoms with Crippen LogP contribution >= 0.6 is 11.3 Å². The van der Waals surface area contributed by atoms with Gasteiger partial charge in [0, 0.05) is 10.9 Å². The number of esters is 1. The number of amides is 3. The van der Waals surface area contributed by atoms with Crippen molar-refractivity contribution in [1.82, 2.24) is 4.90 Å². The number of carbonyl (C=O) groups is 4. The highest BCUT2D eigenvalue weighted by atomic mass is 32.1. The third-order valence-corrected chi connectivity index (χ3v) is 8.11. The van der Waals surface area contributed by atoms with Crippen molar-refractivity contribution >= 4 is 40.0 Å². The smallest absolute Gasteiger partial charge is 0.341 e. The van der Waals surface area contributed by atoms with Crippen molar-refractivity contribution in [2.75, 3.05) is 12.4 Å². The first kappa shape index (κ1) is 25.9. The summed E-state index contributed by atoms with van der Waals surface area (Å²) in [6.07, 6.45) is 4.66. The fraction of sp³-hybridized carbons (Fsp3) is 0.333. The molecule has 0 radical (unpaired) electrons. The number of hydrogen-bond donors (Lipinski definition) is 1. The van der Waals surface area contributed by atoms with E-state index in [1.807, 2.05) is 25.3 Å². The second-order valence-electron chi connectivity index (χ2n) is 10.2. The second-order valence-corrected chi connectivity index (χ2v) is 11.1. The Bertz CT molecular complexity index is 1410. The molecule has 1 aliphatic carbocycles. The molecule has 0 saturated carbocycles. The van der Waals surface area contributed by atoms with E-state index in [0.29, 0.717) is 21.7 Å². The number of methoxy groups -OCH3 is 1. The number of anilines is 1. The number of aryl methyl sites for hydroxylation is 2. The standard InChI is InChI=1S/C30H30N2O5S/c1-17(2)14-24(32-28(34)21-10-6-7-11-22(21)29(32)35)26(33)31-27-25(30(36)37-3)23(16-38-27)20-13-12-18-8-4-5-9-19(18)15-20/h6-7,10-13,15-17,24H,4-5,8-9,14H2,1-3H3,(H,31,33)/t24-/m0/s1. The molecule has 0 fully saturated rings. The molecule has 38 heavy (non-hydrogen) atoms. The highest BCUT2D eigenvalue weighted by molar-refractivity contribution is 7.15. The van der Waals surface area contributed by atoms with E-state index < -0.39 is 29.7 Å². The van der Waals surface area contributed by atoms with Gasteiger partial charge in [-0.1, -0.05) is 44.2 Å². The summed E-state index contributed by atoms with van der Waals surface area (Å²) in [5.41, 5.74) is 5.05. The zero-order chi connectivity index (χ0) is 27.0. The number of benzene rings is 2. The molecule has 2 aliphatic rings. The summed E-state index contributed by atoms with van der Waals surface area (Å²) in [5.74, 6) is -2.02. The Labute approximate surface area is 225 Å². The molecular weight excluding hydrogens is 500 g/mol. The molecule has 0 spiro atoms. The van der Waals surface area contributed by atoms with Gasteiger partial charge in [0.15, 0.2) is 0 Å². The molecular formula is C30H30N2O5S. The van der Waals surface area contributed by atoms with Gasteiger partial charge in [0.05, 0.1) is 18.2 Å². The molecule has 1 aliphatic heterocycles. The van der Waals surface area contributed by atoms with E-state index >= 15 is 0 Å². The summed E-state index contributed by atoms with van der Waals surface area (Å²) in [6.45, 7) is 3.86. The van der Waals surface area contributed by atoms with Crippen LogP contribution in [0.1, 0.15) is 75.3 Å². The van der Waals surface area contributed by atoms with Gasteiger partial charge < -0.3 is 10.1 Å². The normalized spacial score (nSPS) is 15.3. The summed E-state index contributed by atoms with van der Waals surface area (Å²) >= 11 is 1.23. The van der Waals surface area contributed by atoms with Gasteiger partial charge in [-0.2, -0.15) is 0 Å². The largest absolute Gasteiger partial charge is 0.465 e. The fourth-order valence-corrected chi connectivity index (χ4v) is 6.29. The minimum Gasteiger partial charge on any atom is -0.465 e. The average Bonchev–Trinajstić information content (AvgIpc) is 3.45. The maximum Gasteiger partial charge on any atom is 0.341 e. The van der Waals surface area contributed by atoms with E-state index in [2.05, 4.69) is 17.4 Å². The molecule has 8 heteroatoms. The third kappa shape index (κ3) is 4.65. The van der Waals surface area contributed by atoms with Crippen molar-refractivity contribution in [1.29, 1.82) is 0 Å². The first-order valence-corrected chi connectivity index (χ1v) is 13.8. The lowest BCUT2D eigenvalue weighted by Crippen LogP contribution is -2.48. The molecule has 1 aromatic heterocycles. The van der Waals surface area contributed by atoms with E-state index in [-0.39, 0.29) is 17.9 Å². The minimum atomic E-state index is -1.03. The molecule has 1 N–H and O–H groups in total. The first-order chi connectivity index (χ1) is 18.3. The number of thiophene rings is 1. The van der Waals surface area contributed by atoms with Crippen LogP contribution in [0.3, 0.4) is 0 Å². The molecule has 5 rings (SSSR count). The van der Waals surface area contributed by atoms with Gasteiger partial charge in [0.2, 0.25) is 5.91 Å². The van der Waals surface area contributed by atoms with Crippen LogP contribution < -0.4 is 5.32 Å². The lowest BCUT2D eigenvalue weighted by atomic mass is 9.89. The Morgan fingerprint density at radius 1 is 0.974 bits per heavy atom. The predicted molar refractivity (Wildman–Crippen MR) is 147 cm³/mol. The molecule has 3 aromatic rings. The van der Waals surface area contributed by atoms with Crippen molar-refractivity contribution in [3.63, 3.8) is 0 Å². The van der Waals surface area contributed by atoms with Crippen molar-refractivity contribution in [2.24, 2.45) is 5.92 Å². The Balaban J connectivity index is 1.48. The van der Waals surface area contributed by atoms with Gasteiger partial charge in [0.25, 0.3) is 11.8 Å². The minimum absolute atomic E-state index is 0.0320. The van der Waals surface area contributed by atoms with Gasteiger partial charge >= 0.3 is 5.97 Å². The quantitative estimate of drug-likeness (QED) is 0.311. The topological polar surface area (TPSA) is 92.8 Å². The lowest BCUT2D eigenvalue weighted by molar-refractivity contribution is -0.120. The maximum atomic E-state index is 13.7. The number of ether oxygens (including phenoxy) is 1. The average molecular weight is 531 g/mol. The molecule has 0 saturated heterocycles.